The molecule has 1 aliphatic heterocycles. The van der Waals surface area contributed by atoms with Gasteiger partial charge in [0.2, 0.25) is 0 Å². The summed E-state index contributed by atoms with van der Waals surface area (Å²) in [6.07, 6.45) is -0.0176. The number of Topliss-reactive ketones (excluding diaryl/α,β-unsaturated/α-hetero) is 1. The van der Waals surface area contributed by atoms with Crippen LogP contribution >= 0.6 is 15.9 Å². The molecule has 1 aliphatic rings. The molecule has 1 saturated heterocycles. The van der Waals surface area contributed by atoms with Crippen molar-refractivity contribution in [3.8, 4) is 0 Å². The monoisotopic (exact) mass is 284 g/mol. The van der Waals surface area contributed by atoms with Crippen LogP contribution in [0, 0.1) is 0 Å². The average molecular weight is 285 g/mol. The molecule has 0 saturated carbocycles. The Kier molecular flexibility index (Phi) is 4.09. The molecular weight excluding hydrogens is 272 g/mol. The van der Waals surface area contributed by atoms with E-state index in [2.05, 4.69) is 15.9 Å². The Balaban J connectivity index is 1.99. The van der Waals surface area contributed by atoms with Gasteiger partial charge in [-0.3, -0.25) is 4.79 Å². The van der Waals surface area contributed by atoms with Crippen molar-refractivity contribution in [1.29, 1.82) is 0 Å². The van der Waals surface area contributed by atoms with Gasteiger partial charge in [-0.15, -0.1) is 0 Å². The van der Waals surface area contributed by atoms with Gasteiger partial charge in [-0.25, -0.2) is 0 Å². The van der Waals surface area contributed by atoms with Crippen molar-refractivity contribution in [3.63, 3.8) is 0 Å². The highest BCUT2D eigenvalue weighted by Gasteiger charge is 2.22. The van der Waals surface area contributed by atoms with E-state index in [4.69, 9.17) is 9.47 Å². The van der Waals surface area contributed by atoms with E-state index >= 15 is 0 Å². The van der Waals surface area contributed by atoms with E-state index in [9.17, 15) is 4.79 Å². The van der Waals surface area contributed by atoms with Crippen LogP contribution < -0.4 is 0 Å². The van der Waals surface area contributed by atoms with Crippen LogP contribution in [0.3, 0.4) is 0 Å². The minimum Gasteiger partial charge on any atom is -0.376 e. The maximum Gasteiger partial charge on any atom is 0.168 e. The van der Waals surface area contributed by atoms with Gasteiger partial charge in [0, 0.05) is 10.9 Å². The third-order valence-corrected chi connectivity index (χ3v) is 3.27. The molecule has 0 radical (unpaired) electrons. The van der Waals surface area contributed by atoms with Crippen molar-refractivity contribution in [1.82, 2.24) is 0 Å². The van der Waals surface area contributed by atoms with Crippen LogP contribution in [0.1, 0.15) is 5.56 Å². The van der Waals surface area contributed by atoms with E-state index in [1.807, 2.05) is 24.3 Å². The molecule has 86 valence electrons. The molecule has 0 aliphatic carbocycles. The van der Waals surface area contributed by atoms with Crippen LogP contribution in [0.25, 0.3) is 0 Å². The number of rotatable bonds is 3. The molecule has 1 fully saturated rings. The number of benzene rings is 1. The van der Waals surface area contributed by atoms with Crippen molar-refractivity contribution in [2.24, 2.45) is 0 Å². The molecular formula is C12H13BrO3. The van der Waals surface area contributed by atoms with Gasteiger partial charge in [0.1, 0.15) is 6.10 Å². The van der Waals surface area contributed by atoms with E-state index in [0.717, 1.165) is 10.0 Å². The lowest BCUT2D eigenvalue weighted by atomic mass is 10.1. The van der Waals surface area contributed by atoms with Gasteiger partial charge < -0.3 is 9.47 Å². The zero-order chi connectivity index (χ0) is 11.4. The summed E-state index contributed by atoms with van der Waals surface area (Å²) in [5, 5.41) is 0. The fraction of sp³-hybridized carbons (Fsp3) is 0.417. The highest BCUT2D eigenvalue weighted by molar-refractivity contribution is 9.10. The standard InChI is InChI=1S/C12H13BrO3/c13-10-4-2-1-3-9(10)7-11(14)12-8-15-5-6-16-12/h1-4,12H,5-8H2. The fourth-order valence-electron chi connectivity index (χ4n) is 1.62. The van der Waals surface area contributed by atoms with Gasteiger partial charge >= 0.3 is 0 Å². The van der Waals surface area contributed by atoms with E-state index in [1.54, 1.807) is 0 Å². The van der Waals surface area contributed by atoms with Crippen molar-refractivity contribution in [3.05, 3.63) is 34.3 Å². The molecule has 1 heterocycles. The van der Waals surface area contributed by atoms with Crippen molar-refractivity contribution in [2.45, 2.75) is 12.5 Å². The topological polar surface area (TPSA) is 35.5 Å². The first-order chi connectivity index (χ1) is 7.77. The third-order valence-electron chi connectivity index (χ3n) is 2.50. The summed E-state index contributed by atoms with van der Waals surface area (Å²) in [7, 11) is 0. The summed E-state index contributed by atoms with van der Waals surface area (Å²) in [5.74, 6) is 0.0756. The van der Waals surface area contributed by atoms with Gasteiger partial charge in [-0.1, -0.05) is 34.1 Å². The molecule has 1 unspecified atom stereocenters. The van der Waals surface area contributed by atoms with Gasteiger partial charge in [-0.05, 0) is 11.6 Å². The second kappa shape index (κ2) is 5.57. The van der Waals surface area contributed by atoms with Crippen LogP contribution in [0.2, 0.25) is 0 Å². The van der Waals surface area contributed by atoms with E-state index in [0.29, 0.717) is 26.2 Å². The summed E-state index contributed by atoms with van der Waals surface area (Å²) < 4.78 is 11.5. The Bertz CT molecular complexity index is 372. The van der Waals surface area contributed by atoms with Crippen molar-refractivity contribution >= 4 is 21.7 Å². The van der Waals surface area contributed by atoms with E-state index in [-0.39, 0.29) is 5.78 Å². The Morgan fingerprint density at radius 3 is 2.88 bits per heavy atom. The molecule has 0 N–H and O–H groups in total. The third kappa shape index (κ3) is 2.90. The van der Waals surface area contributed by atoms with Crippen molar-refractivity contribution < 1.29 is 14.3 Å². The maximum atomic E-state index is 11.9. The van der Waals surface area contributed by atoms with E-state index in [1.165, 1.54) is 0 Å². The Morgan fingerprint density at radius 2 is 2.19 bits per heavy atom. The second-order valence-corrected chi connectivity index (χ2v) is 4.52. The number of hydrogen-bond acceptors (Lipinski definition) is 3. The number of hydrogen-bond donors (Lipinski definition) is 0. The molecule has 0 aromatic heterocycles. The van der Waals surface area contributed by atoms with Crippen LogP contribution in [-0.4, -0.2) is 31.7 Å². The summed E-state index contributed by atoms with van der Waals surface area (Å²) in [6.45, 7) is 1.47. The van der Waals surface area contributed by atoms with Crippen LogP contribution in [0.5, 0.6) is 0 Å². The normalized spacial score (nSPS) is 20.7. The lowest BCUT2D eigenvalue weighted by Gasteiger charge is -2.21. The maximum absolute atomic E-state index is 11.9. The minimum absolute atomic E-state index is 0.0756. The molecule has 0 spiro atoms. The van der Waals surface area contributed by atoms with Crippen LogP contribution in [-0.2, 0) is 20.7 Å². The Morgan fingerprint density at radius 1 is 1.38 bits per heavy atom. The number of carbonyl (C=O) groups is 1. The molecule has 16 heavy (non-hydrogen) atoms. The number of ether oxygens (including phenoxy) is 2. The molecule has 1 atom stereocenters. The van der Waals surface area contributed by atoms with Gasteiger partial charge in [0.05, 0.1) is 19.8 Å². The van der Waals surface area contributed by atoms with Crippen LogP contribution in [0.4, 0.5) is 0 Å². The Hall–Kier alpha value is -0.710. The first kappa shape index (κ1) is 11.8. The molecule has 1 aromatic carbocycles. The summed E-state index contributed by atoms with van der Waals surface area (Å²) >= 11 is 3.42. The van der Waals surface area contributed by atoms with Gasteiger partial charge in [0.15, 0.2) is 5.78 Å². The molecule has 0 amide bonds. The number of ketones is 1. The zero-order valence-electron chi connectivity index (χ0n) is 8.82. The summed E-state index contributed by atoms with van der Waals surface area (Å²) in [4.78, 5) is 11.9. The molecule has 0 bridgehead atoms. The smallest absolute Gasteiger partial charge is 0.168 e. The predicted octanol–water partition coefficient (Wildman–Crippen LogP) is 1.98. The minimum atomic E-state index is -0.402. The lowest BCUT2D eigenvalue weighted by Crippen LogP contribution is -2.36. The Labute approximate surface area is 103 Å². The molecule has 3 nitrogen and oxygen atoms in total. The zero-order valence-corrected chi connectivity index (χ0v) is 10.4. The van der Waals surface area contributed by atoms with Crippen LogP contribution in [0.15, 0.2) is 28.7 Å². The first-order valence-electron chi connectivity index (χ1n) is 5.23. The SMILES string of the molecule is O=C(Cc1ccccc1Br)C1COCCO1. The predicted molar refractivity (Wildman–Crippen MR) is 63.4 cm³/mol. The largest absolute Gasteiger partial charge is 0.376 e. The summed E-state index contributed by atoms with van der Waals surface area (Å²) in [5.41, 5.74) is 0.988. The summed E-state index contributed by atoms with van der Waals surface area (Å²) in [6, 6.07) is 7.72. The quantitative estimate of drug-likeness (QED) is 0.852. The fourth-order valence-corrected chi connectivity index (χ4v) is 2.04. The van der Waals surface area contributed by atoms with Crippen molar-refractivity contribution in [2.75, 3.05) is 19.8 Å². The van der Waals surface area contributed by atoms with Gasteiger partial charge in [-0.2, -0.15) is 0 Å². The molecule has 1 aromatic rings. The van der Waals surface area contributed by atoms with Gasteiger partial charge in [0.25, 0.3) is 0 Å². The molecule has 2 rings (SSSR count). The number of halogens is 1. The lowest BCUT2D eigenvalue weighted by molar-refractivity contribution is -0.144. The highest BCUT2D eigenvalue weighted by atomic mass is 79.9. The average Bonchev–Trinajstić information content (AvgIpc) is 2.33. The van der Waals surface area contributed by atoms with E-state index < -0.39 is 6.10 Å². The highest BCUT2D eigenvalue weighted by Crippen LogP contribution is 2.17. The second-order valence-electron chi connectivity index (χ2n) is 3.67. The number of carbonyl (C=O) groups excluding carboxylic acids is 1. The molecule has 4 heteroatoms. The first-order valence-corrected chi connectivity index (χ1v) is 6.02.